The number of likely N-dealkylation sites (N-methyl/N-ethyl adjacent to an activating group) is 1. The van der Waals surface area contributed by atoms with Crippen LogP contribution in [-0.4, -0.2) is 35.5 Å². The molecule has 0 heterocycles. The van der Waals surface area contributed by atoms with Gasteiger partial charge in [-0.1, -0.05) is 84.9 Å². The summed E-state index contributed by atoms with van der Waals surface area (Å²) >= 11 is 0. The normalized spacial score (nSPS) is 11.8. The Kier molecular flexibility index (Phi) is 10.4. The third-order valence-corrected chi connectivity index (χ3v) is 6.67. The number of ketones is 1. The predicted octanol–water partition coefficient (Wildman–Crippen LogP) is 7.43. The van der Waals surface area contributed by atoms with Crippen LogP contribution in [0.3, 0.4) is 0 Å². The van der Waals surface area contributed by atoms with E-state index in [4.69, 9.17) is 14.2 Å². The summed E-state index contributed by atoms with van der Waals surface area (Å²) in [6.45, 7) is 6.37. The second-order valence-electron chi connectivity index (χ2n) is 11.3. The number of ether oxygens (including phenoxy) is 3. The topological polar surface area (TPSA) is 65.1 Å². The summed E-state index contributed by atoms with van der Waals surface area (Å²) in [5, 5.41) is 0. The van der Waals surface area contributed by atoms with E-state index in [2.05, 4.69) is 0 Å². The summed E-state index contributed by atoms with van der Waals surface area (Å²) in [5.41, 5.74) is 3.26. The van der Waals surface area contributed by atoms with Gasteiger partial charge < -0.3 is 19.1 Å². The van der Waals surface area contributed by atoms with Crippen LogP contribution < -0.4 is 9.47 Å². The van der Waals surface area contributed by atoms with Crippen molar-refractivity contribution in [2.45, 2.75) is 58.5 Å². The number of Topliss-reactive ketones (excluding diaryl/α,β-unsaturated/α-hetero) is 1. The molecule has 0 spiro atoms. The molecule has 0 aliphatic heterocycles. The number of amides is 1. The second kappa shape index (κ2) is 14.4. The first-order chi connectivity index (χ1) is 20.2. The van der Waals surface area contributed by atoms with E-state index in [1.165, 1.54) is 4.90 Å². The molecule has 42 heavy (non-hydrogen) atoms. The molecule has 1 amide bonds. The van der Waals surface area contributed by atoms with E-state index in [0.717, 1.165) is 33.8 Å². The quantitative estimate of drug-likeness (QED) is 0.179. The molecule has 0 saturated heterocycles. The molecule has 0 bridgehead atoms. The third-order valence-electron chi connectivity index (χ3n) is 6.67. The molecular weight excluding hydrogens is 526 g/mol. The fraction of sp³-hybridized carbons (Fsp3) is 0.278. The van der Waals surface area contributed by atoms with Crippen LogP contribution >= 0.6 is 0 Å². The molecular formula is C36H39NO5. The van der Waals surface area contributed by atoms with Gasteiger partial charge in [-0.2, -0.15) is 0 Å². The average Bonchev–Trinajstić information content (AvgIpc) is 2.99. The number of hydrogen-bond acceptors (Lipinski definition) is 5. The fourth-order valence-electron chi connectivity index (χ4n) is 4.38. The zero-order chi connectivity index (χ0) is 30.0. The Balaban J connectivity index is 1.42. The Hall–Kier alpha value is -4.58. The first-order valence-corrected chi connectivity index (χ1v) is 14.2. The Morgan fingerprint density at radius 1 is 0.643 bits per heavy atom. The summed E-state index contributed by atoms with van der Waals surface area (Å²) in [4.78, 5) is 28.0. The summed E-state index contributed by atoms with van der Waals surface area (Å²) in [7, 11) is 1.62. The lowest BCUT2D eigenvalue weighted by atomic mass is 9.96. The summed E-state index contributed by atoms with van der Waals surface area (Å²) < 4.78 is 17.4. The van der Waals surface area contributed by atoms with Crippen LogP contribution in [0.15, 0.2) is 109 Å². The van der Waals surface area contributed by atoms with Crippen LogP contribution in [0, 0.1) is 0 Å². The molecule has 0 radical (unpaired) electrons. The molecule has 1 atom stereocenters. The van der Waals surface area contributed by atoms with E-state index in [0.29, 0.717) is 19.6 Å². The smallest absolute Gasteiger partial charge is 0.410 e. The van der Waals surface area contributed by atoms with E-state index in [-0.39, 0.29) is 12.2 Å². The highest BCUT2D eigenvalue weighted by molar-refractivity contribution is 5.89. The van der Waals surface area contributed by atoms with Crippen LogP contribution in [0.5, 0.6) is 11.5 Å². The van der Waals surface area contributed by atoms with Crippen molar-refractivity contribution in [2.75, 3.05) is 7.05 Å². The minimum Gasteiger partial charge on any atom is -0.489 e. The summed E-state index contributed by atoms with van der Waals surface area (Å²) in [6.07, 6.45) is -0.00534. The zero-order valence-electron chi connectivity index (χ0n) is 24.8. The van der Waals surface area contributed by atoms with E-state index in [9.17, 15) is 9.59 Å². The number of rotatable bonds is 12. The molecule has 4 rings (SSSR count). The predicted molar refractivity (Wildman–Crippen MR) is 165 cm³/mol. The molecule has 4 aromatic rings. The molecule has 0 N–H and O–H groups in total. The minimum absolute atomic E-state index is 0.0780. The van der Waals surface area contributed by atoms with Gasteiger partial charge in [0.25, 0.3) is 0 Å². The molecule has 4 aromatic carbocycles. The van der Waals surface area contributed by atoms with Crippen molar-refractivity contribution < 1.29 is 23.8 Å². The number of carbonyl (C=O) groups is 2. The molecule has 6 heteroatoms. The number of carbonyl (C=O) groups excluding carboxylic acids is 2. The van der Waals surface area contributed by atoms with E-state index in [1.807, 2.05) is 130 Å². The van der Waals surface area contributed by atoms with E-state index < -0.39 is 17.7 Å². The van der Waals surface area contributed by atoms with Crippen LogP contribution in [0.25, 0.3) is 0 Å². The summed E-state index contributed by atoms with van der Waals surface area (Å²) in [5.74, 6) is 1.39. The minimum atomic E-state index is -0.704. The molecule has 6 nitrogen and oxygen atoms in total. The molecule has 218 valence electrons. The van der Waals surface area contributed by atoms with Crippen molar-refractivity contribution >= 4 is 11.9 Å². The van der Waals surface area contributed by atoms with Crippen LogP contribution in [-0.2, 0) is 35.6 Å². The van der Waals surface area contributed by atoms with Gasteiger partial charge in [0.05, 0.1) is 6.04 Å². The molecule has 0 aromatic heterocycles. The van der Waals surface area contributed by atoms with E-state index in [1.54, 1.807) is 7.05 Å². The second-order valence-corrected chi connectivity index (χ2v) is 11.3. The van der Waals surface area contributed by atoms with Gasteiger partial charge in [-0.15, -0.1) is 0 Å². The molecule has 1 unspecified atom stereocenters. The summed E-state index contributed by atoms with van der Waals surface area (Å²) in [6, 6.07) is 34.4. The highest BCUT2D eigenvalue weighted by Gasteiger charge is 2.30. The van der Waals surface area contributed by atoms with Crippen molar-refractivity contribution in [1.82, 2.24) is 4.90 Å². The van der Waals surface area contributed by atoms with Gasteiger partial charge in [-0.25, -0.2) is 4.79 Å². The molecule has 0 fully saturated rings. The Bertz CT molecular complexity index is 1410. The van der Waals surface area contributed by atoms with Crippen molar-refractivity contribution in [1.29, 1.82) is 0 Å². The standard InChI is InChI=1S/C36H39NO5/c1-36(2,3)42-35(39)37(4)33(23-27-15-19-31(20-16-27)40-25-29-11-7-5-8-12-29)34(38)24-28-17-21-32(22-18-28)41-26-30-13-9-6-10-14-30/h5-22,33H,23-26H2,1-4H3. The number of nitrogens with zero attached hydrogens (tertiary/aromatic N) is 1. The number of hydrogen-bond donors (Lipinski definition) is 0. The maximum absolute atomic E-state index is 13.6. The lowest BCUT2D eigenvalue weighted by Gasteiger charge is -2.30. The highest BCUT2D eigenvalue weighted by Crippen LogP contribution is 2.21. The van der Waals surface area contributed by atoms with Gasteiger partial charge in [0.1, 0.15) is 30.3 Å². The van der Waals surface area contributed by atoms with Gasteiger partial charge in [0, 0.05) is 19.9 Å². The maximum atomic E-state index is 13.6. The van der Waals surface area contributed by atoms with Gasteiger partial charge in [-0.05, 0) is 67.3 Å². The van der Waals surface area contributed by atoms with Crippen LogP contribution in [0.2, 0.25) is 0 Å². The largest absolute Gasteiger partial charge is 0.489 e. The number of benzene rings is 4. The van der Waals surface area contributed by atoms with Gasteiger partial charge in [-0.3, -0.25) is 4.79 Å². The van der Waals surface area contributed by atoms with Crippen molar-refractivity contribution in [3.63, 3.8) is 0 Å². The molecule has 0 aliphatic rings. The van der Waals surface area contributed by atoms with Crippen LogP contribution in [0.1, 0.15) is 43.0 Å². The van der Waals surface area contributed by atoms with Gasteiger partial charge >= 0.3 is 6.09 Å². The van der Waals surface area contributed by atoms with E-state index >= 15 is 0 Å². The molecule has 0 aliphatic carbocycles. The third kappa shape index (κ3) is 9.51. The molecule has 0 saturated carbocycles. The van der Waals surface area contributed by atoms with Crippen molar-refractivity contribution in [3.05, 3.63) is 131 Å². The average molecular weight is 566 g/mol. The first kappa shape index (κ1) is 30.4. The lowest BCUT2D eigenvalue weighted by molar-refractivity contribution is -0.123. The van der Waals surface area contributed by atoms with Gasteiger partial charge in [0.2, 0.25) is 0 Å². The van der Waals surface area contributed by atoms with Crippen molar-refractivity contribution in [2.24, 2.45) is 0 Å². The Morgan fingerprint density at radius 3 is 1.55 bits per heavy atom. The van der Waals surface area contributed by atoms with Crippen LogP contribution in [0.4, 0.5) is 4.79 Å². The van der Waals surface area contributed by atoms with Crippen molar-refractivity contribution in [3.8, 4) is 11.5 Å². The SMILES string of the molecule is CN(C(=O)OC(C)(C)C)C(Cc1ccc(OCc2ccccc2)cc1)C(=O)Cc1ccc(OCc2ccccc2)cc1. The van der Waals surface area contributed by atoms with Gasteiger partial charge in [0.15, 0.2) is 5.78 Å². The maximum Gasteiger partial charge on any atom is 0.410 e. The monoisotopic (exact) mass is 565 g/mol. The zero-order valence-corrected chi connectivity index (χ0v) is 24.8. The Labute approximate surface area is 248 Å². The highest BCUT2D eigenvalue weighted by atomic mass is 16.6. The first-order valence-electron chi connectivity index (χ1n) is 14.2. The fourth-order valence-corrected chi connectivity index (χ4v) is 4.38. The Morgan fingerprint density at radius 2 is 1.10 bits per heavy atom. The lowest BCUT2D eigenvalue weighted by Crippen LogP contribution is -2.46.